The summed E-state index contributed by atoms with van der Waals surface area (Å²) in [6, 6.07) is 16.6. The van der Waals surface area contributed by atoms with Crippen LogP contribution in [0.3, 0.4) is 0 Å². The molecule has 0 unspecified atom stereocenters. The Kier molecular flexibility index (Phi) is 20.4. The molecule has 0 radical (unpaired) electrons. The van der Waals surface area contributed by atoms with E-state index in [0.717, 1.165) is 45.0 Å². The molecule has 2 aromatic carbocycles. The Hall–Kier alpha value is -1.17. The van der Waals surface area contributed by atoms with Crippen LogP contribution in [-0.4, -0.2) is 51.0 Å². The molecular weight excluding hydrogens is 439 g/mol. The van der Waals surface area contributed by atoms with Gasteiger partial charge in [-0.2, -0.15) is 0 Å². The Bertz CT molecular complexity index is 590. The van der Waals surface area contributed by atoms with E-state index >= 15 is 0 Å². The molecule has 0 spiro atoms. The number of rotatable bonds is 5. The monoisotopic (exact) mass is 476 g/mol. The molecule has 172 valence electrons. The highest BCUT2D eigenvalue weighted by Gasteiger charge is 2.09. The molecule has 1 aliphatic rings. The van der Waals surface area contributed by atoms with Gasteiger partial charge in [0, 0.05) is 62.4 Å². The molecule has 3 rings (SSSR count). The number of hydrogen-bond acceptors (Lipinski definition) is 4. The topological polar surface area (TPSA) is 53.3 Å². The number of benzene rings is 2. The van der Waals surface area contributed by atoms with E-state index < -0.39 is 0 Å². The van der Waals surface area contributed by atoms with Gasteiger partial charge in [0.25, 0.3) is 0 Å². The van der Waals surface area contributed by atoms with Gasteiger partial charge in [0.2, 0.25) is 0 Å². The largest absolute Gasteiger partial charge is 0.399 e. The van der Waals surface area contributed by atoms with E-state index in [-0.39, 0.29) is 19.8 Å². The summed E-state index contributed by atoms with van der Waals surface area (Å²) < 4.78 is 0. The average Bonchev–Trinajstić information content (AvgIpc) is 2.73. The SMILES string of the molecule is C.Cc1ccc(N)cc1.Cc1ccc(N2CCNCC2)cc1.Cl.ClCCNCCCl. The van der Waals surface area contributed by atoms with E-state index in [1.165, 1.54) is 16.8 Å². The molecule has 1 aliphatic heterocycles. The fourth-order valence-electron chi connectivity index (χ4n) is 2.50. The Balaban J connectivity index is 0. The maximum absolute atomic E-state index is 5.43. The van der Waals surface area contributed by atoms with Crippen molar-refractivity contribution >= 4 is 47.0 Å². The Morgan fingerprint density at radius 3 is 1.70 bits per heavy atom. The van der Waals surface area contributed by atoms with Crippen LogP contribution in [0.25, 0.3) is 0 Å². The minimum absolute atomic E-state index is 0. The summed E-state index contributed by atoms with van der Waals surface area (Å²) in [7, 11) is 0. The van der Waals surface area contributed by atoms with Crippen molar-refractivity contribution in [2.75, 3.05) is 61.7 Å². The molecular formula is C23H39Cl3N4. The summed E-state index contributed by atoms with van der Waals surface area (Å²) in [6.07, 6.45) is 0. The summed E-state index contributed by atoms with van der Waals surface area (Å²) >= 11 is 10.7. The van der Waals surface area contributed by atoms with Gasteiger partial charge in [0.1, 0.15) is 0 Å². The number of alkyl halides is 2. The zero-order valence-electron chi connectivity index (χ0n) is 17.5. The number of nitrogens with one attached hydrogen (secondary N) is 2. The lowest BCUT2D eigenvalue weighted by molar-refractivity contribution is 0.589. The Morgan fingerprint density at radius 2 is 1.30 bits per heavy atom. The molecule has 0 amide bonds. The fraction of sp³-hybridized carbons (Fsp3) is 0.478. The third-order valence-corrected chi connectivity index (χ3v) is 4.51. The van der Waals surface area contributed by atoms with Gasteiger partial charge in [0.15, 0.2) is 0 Å². The van der Waals surface area contributed by atoms with Crippen LogP contribution in [0.15, 0.2) is 48.5 Å². The van der Waals surface area contributed by atoms with Crippen molar-refractivity contribution in [1.29, 1.82) is 0 Å². The second-order valence-electron chi connectivity index (χ2n) is 6.61. The van der Waals surface area contributed by atoms with Gasteiger partial charge in [-0.25, -0.2) is 0 Å². The average molecular weight is 478 g/mol. The highest BCUT2D eigenvalue weighted by molar-refractivity contribution is 6.18. The highest BCUT2D eigenvalue weighted by atomic mass is 35.5. The van der Waals surface area contributed by atoms with Crippen LogP contribution in [0.4, 0.5) is 11.4 Å². The standard InChI is InChI=1S/C11H16N2.C7H9N.C4H9Cl2N.CH4.ClH/c1-10-2-4-11(5-3-10)13-8-6-12-7-9-13;1-6-2-4-7(8)5-3-6;5-1-3-7-4-2-6;;/h2-5,12H,6-9H2,1H3;2-5H,8H2,1H3;7H,1-4H2;1H4;1H. The molecule has 1 fully saturated rings. The number of piperazine rings is 1. The van der Waals surface area contributed by atoms with Crippen LogP contribution in [0, 0.1) is 13.8 Å². The summed E-state index contributed by atoms with van der Waals surface area (Å²) in [5, 5.41) is 6.38. The van der Waals surface area contributed by atoms with Crippen LogP contribution >= 0.6 is 35.6 Å². The van der Waals surface area contributed by atoms with Crippen molar-refractivity contribution in [1.82, 2.24) is 10.6 Å². The van der Waals surface area contributed by atoms with Crippen molar-refractivity contribution in [3.8, 4) is 0 Å². The Labute approximate surface area is 199 Å². The van der Waals surface area contributed by atoms with Gasteiger partial charge >= 0.3 is 0 Å². The lowest BCUT2D eigenvalue weighted by Crippen LogP contribution is -2.43. The number of hydrogen-bond donors (Lipinski definition) is 3. The summed E-state index contributed by atoms with van der Waals surface area (Å²) in [6.45, 7) is 10.3. The molecule has 30 heavy (non-hydrogen) atoms. The first-order chi connectivity index (χ1) is 13.6. The van der Waals surface area contributed by atoms with E-state index in [1.54, 1.807) is 0 Å². The zero-order chi connectivity index (χ0) is 20.6. The van der Waals surface area contributed by atoms with E-state index in [2.05, 4.69) is 46.7 Å². The Morgan fingerprint density at radius 1 is 0.867 bits per heavy atom. The molecule has 0 aliphatic carbocycles. The molecule has 1 saturated heterocycles. The van der Waals surface area contributed by atoms with Gasteiger partial charge in [-0.1, -0.05) is 42.8 Å². The number of aryl methyl sites for hydroxylation is 2. The minimum atomic E-state index is 0. The third kappa shape index (κ3) is 14.8. The lowest BCUT2D eigenvalue weighted by Gasteiger charge is -2.29. The molecule has 4 nitrogen and oxygen atoms in total. The quantitative estimate of drug-likeness (QED) is 0.319. The maximum atomic E-state index is 5.43. The molecule has 1 heterocycles. The highest BCUT2D eigenvalue weighted by Crippen LogP contribution is 2.14. The molecule has 0 bridgehead atoms. The molecule has 0 aromatic heterocycles. The molecule has 7 heteroatoms. The van der Waals surface area contributed by atoms with E-state index in [1.807, 2.05) is 31.2 Å². The number of nitrogens with two attached hydrogens (primary N) is 1. The molecule has 0 atom stereocenters. The molecule has 2 aromatic rings. The van der Waals surface area contributed by atoms with Crippen molar-refractivity contribution in [2.24, 2.45) is 0 Å². The minimum Gasteiger partial charge on any atom is -0.399 e. The second-order valence-corrected chi connectivity index (χ2v) is 7.37. The van der Waals surface area contributed by atoms with Gasteiger partial charge in [-0.15, -0.1) is 35.6 Å². The lowest BCUT2D eigenvalue weighted by atomic mass is 10.2. The summed E-state index contributed by atoms with van der Waals surface area (Å²) in [5.41, 5.74) is 10.2. The number of nitrogen functional groups attached to an aromatic ring is 1. The van der Waals surface area contributed by atoms with E-state index in [0.29, 0.717) is 11.8 Å². The number of halogens is 3. The second kappa shape index (κ2) is 19.8. The van der Waals surface area contributed by atoms with Crippen molar-refractivity contribution < 1.29 is 0 Å². The van der Waals surface area contributed by atoms with Crippen LogP contribution in [0.2, 0.25) is 0 Å². The van der Waals surface area contributed by atoms with Crippen molar-refractivity contribution in [3.05, 3.63) is 59.7 Å². The van der Waals surface area contributed by atoms with Crippen molar-refractivity contribution in [3.63, 3.8) is 0 Å². The van der Waals surface area contributed by atoms with Gasteiger partial charge in [0.05, 0.1) is 0 Å². The molecule has 4 N–H and O–H groups in total. The smallest absolute Gasteiger partial charge is 0.0367 e. The normalized spacial score (nSPS) is 12.2. The summed E-state index contributed by atoms with van der Waals surface area (Å²) in [5.74, 6) is 1.33. The fourth-order valence-corrected chi connectivity index (χ4v) is 2.77. The first kappa shape index (κ1) is 31.0. The van der Waals surface area contributed by atoms with E-state index in [4.69, 9.17) is 28.9 Å². The van der Waals surface area contributed by atoms with Crippen LogP contribution in [0.5, 0.6) is 0 Å². The summed E-state index contributed by atoms with van der Waals surface area (Å²) in [4.78, 5) is 2.43. The van der Waals surface area contributed by atoms with Crippen molar-refractivity contribution in [2.45, 2.75) is 21.3 Å². The van der Waals surface area contributed by atoms with Crippen LogP contribution in [0.1, 0.15) is 18.6 Å². The van der Waals surface area contributed by atoms with Crippen LogP contribution < -0.4 is 21.3 Å². The van der Waals surface area contributed by atoms with Gasteiger partial charge in [-0.05, 0) is 38.1 Å². The van der Waals surface area contributed by atoms with Crippen LogP contribution in [-0.2, 0) is 0 Å². The number of nitrogens with zero attached hydrogens (tertiary/aromatic N) is 1. The first-order valence-corrected chi connectivity index (χ1v) is 10.8. The number of anilines is 2. The third-order valence-electron chi connectivity index (χ3n) is 4.14. The predicted molar refractivity (Wildman–Crippen MR) is 140 cm³/mol. The molecule has 0 saturated carbocycles. The maximum Gasteiger partial charge on any atom is 0.0367 e. The predicted octanol–water partition coefficient (Wildman–Crippen LogP) is 5.09. The van der Waals surface area contributed by atoms with Gasteiger partial charge in [-0.3, -0.25) is 0 Å². The van der Waals surface area contributed by atoms with Gasteiger partial charge < -0.3 is 21.3 Å². The zero-order valence-corrected chi connectivity index (χ0v) is 19.8. The van der Waals surface area contributed by atoms with E-state index in [9.17, 15) is 0 Å². The first-order valence-electron chi connectivity index (χ1n) is 9.74.